The van der Waals surface area contributed by atoms with E-state index in [4.69, 9.17) is 0 Å². The number of nitrogens with one attached hydrogen (secondary N) is 2. The van der Waals surface area contributed by atoms with Gasteiger partial charge < -0.3 is 0 Å². The van der Waals surface area contributed by atoms with Crippen molar-refractivity contribution in [3.05, 3.63) is 60.2 Å². The maximum absolute atomic E-state index is 13.6. The Kier molecular flexibility index (Phi) is 6.00. The number of sulfonamides is 1. The number of aromatic nitrogens is 1. The van der Waals surface area contributed by atoms with E-state index in [1.807, 2.05) is 0 Å². The topological polar surface area (TPSA) is 108 Å². The predicted molar refractivity (Wildman–Crippen MR) is 97.7 cm³/mol. The molecule has 1 aromatic heterocycles. The molecule has 0 spiro atoms. The largest absolute Gasteiger partial charge is 0.273 e. The number of carbonyl (C=O) groups excluding carboxylic acids is 2. The van der Waals surface area contributed by atoms with E-state index in [1.165, 1.54) is 41.0 Å². The van der Waals surface area contributed by atoms with Crippen molar-refractivity contribution in [3.63, 3.8) is 0 Å². The Hall–Kier alpha value is -2.85. The van der Waals surface area contributed by atoms with Crippen LogP contribution in [0.2, 0.25) is 0 Å². The van der Waals surface area contributed by atoms with Gasteiger partial charge in [-0.25, -0.2) is 12.8 Å². The van der Waals surface area contributed by atoms with Crippen LogP contribution in [-0.2, 0) is 14.8 Å². The van der Waals surface area contributed by atoms with Crippen molar-refractivity contribution >= 4 is 21.8 Å². The van der Waals surface area contributed by atoms with Crippen molar-refractivity contribution in [2.45, 2.75) is 17.7 Å². The molecule has 0 unspecified atom stereocenters. The zero-order valence-corrected chi connectivity index (χ0v) is 15.7. The molecule has 2 heterocycles. The summed E-state index contributed by atoms with van der Waals surface area (Å²) < 4.78 is 40.0. The zero-order valence-electron chi connectivity index (χ0n) is 14.8. The molecule has 1 aliphatic heterocycles. The lowest BCUT2D eigenvalue weighted by molar-refractivity contribution is -0.126. The Bertz CT molecular complexity index is 961. The maximum atomic E-state index is 13.6. The van der Waals surface area contributed by atoms with Gasteiger partial charge in [0.05, 0.1) is 5.56 Å². The van der Waals surface area contributed by atoms with Crippen molar-refractivity contribution in [1.29, 1.82) is 0 Å². The summed E-state index contributed by atoms with van der Waals surface area (Å²) in [5, 5.41) is 0. The number of hydrogen-bond donors (Lipinski definition) is 2. The molecule has 0 radical (unpaired) electrons. The van der Waals surface area contributed by atoms with Crippen LogP contribution >= 0.6 is 0 Å². The summed E-state index contributed by atoms with van der Waals surface area (Å²) in [7, 11) is -3.65. The Morgan fingerprint density at radius 2 is 1.79 bits per heavy atom. The summed E-state index contributed by atoms with van der Waals surface area (Å²) in [4.78, 5) is 28.1. The molecule has 1 aliphatic rings. The summed E-state index contributed by atoms with van der Waals surface area (Å²) in [5.74, 6) is -2.35. The molecule has 8 nitrogen and oxygen atoms in total. The minimum absolute atomic E-state index is 0.107. The molecule has 148 valence electrons. The highest BCUT2D eigenvalue weighted by Crippen LogP contribution is 2.23. The number of hydrazine groups is 1. The third kappa shape index (κ3) is 4.34. The zero-order chi connectivity index (χ0) is 20.1. The van der Waals surface area contributed by atoms with E-state index in [1.54, 1.807) is 6.07 Å². The minimum Gasteiger partial charge on any atom is -0.273 e. The molecule has 3 rings (SSSR count). The van der Waals surface area contributed by atoms with Gasteiger partial charge in [0, 0.05) is 31.4 Å². The molecule has 0 bridgehead atoms. The van der Waals surface area contributed by atoms with Crippen molar-refractivity contribution < 1.29 is 22.4 Å². The third-order valence-corrected chi connectivity index (χ3v) is 6.40. The average Bonchev–Trinajstić information content (AvgIpc) is 2.73. The average molecular weight is 406 g/mol. The van der Waals surface area contributed by atoms with E-state index in [0.29, 0.717) is 12.8 Å². The first-order valence-corrected chi connectivity index (χ1v) is 10.1. The number of halogens is 1. The van der Waals surface area contributed by atoms with Crippen molar-refractivity contribution in [2.24, 2.45) is 5.92 Å². The van der Waals surface area contributed by atoms with Gasteiger partial charge >= 0.3 is 0 Å². The molecule has 10 heteroatoms. The number of rotatable bonds is 4. The van der Waals surface area contributed by atoms with Gasteiger partial charge in [-0.2, -0.15) is 4.31 Å². The quantitative estimate of drug-likeness (QED) is 0.739. The Morgan fingerprint density at radius 1 is 1.07 bits per heavy atom. The Balaban J connectivity index is 1.53. The standard InChI is InChI=1S/C18H19FN4O4S/c19-16-6-2-1-5-15(16)18(25)22-21-17(24)13-7-10-23(11-8-13)28(26,27)14-4-3-9-20-12-14/h1-6,9,12-13H,7-8,10-11H2,(H,21,24)(H,22,25). The fraction of sp³-hybridized carbons (Fsp3) is 0.278. The second-order valence-electron chi connectivity index (χ2n) is 6.29. The lowest BCUT2D eigenvalue weighted by Gasteiger charge is -2.30. The SMILES string of the molecule is O=C(NNC(=O)C1CCN(S(=O)(=O)c2cccnc2)CC1)c1ccccc1F. The van der Waals surface area contributed by atoms with E-state index in [2.05, 4.69) is 15.8 Å². The molecule has 28 heavy (non-hydrogen) atoms. The number of carbonyl (C=O) groups is 2. The monoisotopic (exact) mass is 406 g/mol. The maximum Gasteiger partial charge on any atom is 0.272 e. The highest BCUT2D eigenvalue weighted by Gasteiger charge is 2.32. The molecule has 0 atom stereocenters. The number of piperidine rings is 1. The third-order valence-electron chi connectivity index (χ3n) is 4.51. The van der Waals surface area contributed by atoms with Crippen molar-refractivity contribution in [2.75, 3.05) is 13.1 Å². The van der Waals surface area contributed by atoms with Gasteiger partial charge in [0.15, 0.2) is 0 Å². The molecule has 0 aliphatic carbocycles. The first-order valence-electron chi connectivity index (χ1n) is 8.64. The van der Waals surface area contributed by atoms with Crippen LogP contribution in [0.5, 0.6) is 0 Å². The number of nitrogens with zero attached hydrogens (tertiary/aromatic N) is 2. The van der Waals surface area contributed by atoms with Gasteiger partial charge in [0.25, 0.3) is 5.91 Å². The Labute approximate surface area is 161 Å². The van der Waals surface area contributed by atoms with Crippen LogP contribution in [0.1, 0.15) is 23.2 Å². The van der Waals surface area contributed by atoms with Crippen molar-refractivity contribution in [3.8, 4) is 0 Å². The van der Waals surface area contributed by atoms with Crippen LogP contribution in [0, 0.1) is 11.7 Å². The fourth-order valence-electron chi connectivity index (χ4n) is 2.94. The molecule has 0 saturated carbocycles. The van der Waals surface area contributed by atoms with E-state index >= 15 is 0 Å². The summed E-state index contributed by atoms with van der Waals surface area (Å²) in [6.07, 6.45) is 3.39. The van der Waals surface area contributed by atoms with Gasteiger partial charge in [0.1, 0.15) is 10.7 Å². The van der Waals surface area contributed by atoms with Crippen LogP contribution in [-0.4, -0.2) is 42.6 Å². The van der Waals surface area contributed by atoms with Gasteiger partial charge in [0.2, 0.25) is 15.9 Å². The van der Waals surface area contributed by atoms with Crippen LogP contribution in [0.4, 0.5) is 4.39 Å². The normalized spacial score (nSPS) is 15.8. The molecule has 1 saturated heterocycles. The van der Waals surface area contributed by atoms with E-state index in [9.17, 15) is 22.4 Å². The minimum atomic E-state index is -3.65. The highest BCUT2D eigenvalue weighted by atomic mass is 32.2. The first-order chi connectivity index (χ1) is 13.4. The second-order valence-corrected chi connectivity index (χ2v) is 8.23. The molecule has 1 aromatic carbocycles. The lowest BCUT2D eigenvalue weighted by Crippen LogP contribution is -2.48. The van der Waals surface area contributed by atoms with Gasteiger partial charge in [-0.05, 0) is 37.1 Å². The fourth-order valence-corrected chi connectivity index (χ4v) is 4.37. The van der Waals surface area contributed by atoms with Crippen LogP contribution in [0.25, 0.3) is 0 Å². The van der Waals surface area contributed by atoms with Gasteiger partial charge in [-0.3, -0.25) is 25.4 Å². The van der Waals surface area contributed by atoms with Gasteiger partial charge in [-0.15, -0.1) is 0 Å². The lowest BCUT2D eigenvalue weighted by atomic mass is 9.98. The highest BCUT2D eigenvalue weighted by molar-refractivity contribution is 7.89. The molecule has 1 fully saturated rings. The van der Waals surface area contributed by atoms with Crippen LogP contribution < -0.4 is 10.9 Å². The molecular weight excluding hydrogens is 387 g/mol. The number of amides is 2. The van der Waals surface area contributed by atoms with Crippen molar-refractivity contribution in [1.82, 2.24) is 20.1 Å². The first kappa shape index (κ1) is 19.9. The van der Waals surface area contributed by atoms with Gasteiger partial charge in [-0.1, -0.05) is 12.1 Å². The number of benzene rings is 1. The second kappa shape index (κ2) is 8.44. The number of hydrogen-bond acceptors (Lipinski definition) is 5. The molecule has 2 amide bonds. The van der Waals surface area contributed by atoms with E-state index < -0.39 is 33.6 Å². The molecule has 2 N–H and O–H groups in total. The summed E-state index contributed by atoms with van der Waals surface area (Å²) in [6.45, 7) is 0.354. The summed E-state index contributed by atoms with van der Waals surface area (Å²) in [5.41, 5.74) is 4.29. The molecular formula is C18H19FN4O4S. The summed E-state index contributed by atoms with van der Waals surface area (Å²) >= 11 is 0. The van der Waals surface area contributed by atoms with Crippen LogP contribution in [0.3, 0.4) is 0 Å². The van der Waals surface area contributed by atoms with E-state index in [-0.39, 0.29) is 23.5 Å². The summed E-state index contributed by atoms with van der Waals surface area (Å²) in [6, 6.07) is 8.44. The van der Waals surface area contributed by atoms with E-state index in [0.717, 1.165) is 6.07 Å². The number of pyridine rings is 1. The smallest absolute Gasteiger partial charge is 0.272 e. The molecule has 2 aromatic rings. The Morgan fingerprint density at radius 3 is 2.43 bits per heavy atom. The predicted octanol–water partition coefficient (Wildman–Crippen LogP) is 1.08. The van der Waals surface area contributed by atoms with Crippen LogP contribution in [0.15, 0.2) is 53.7 Å².